The van der Waals surface area contributed by atoms with Gasteiger partial charge in [-0.3, -0.25) is 0 Å². The van der Waals surface area contributed by atoms with Crippen LogP contribution in [0.3, 0.4) is 0 Å². The van der Waals surface area contributed by atoms with Crippen molar-refractivity contribution in [2.75, 3.05) is 0 Å². The predicted octanol–water partition coefficient (Wildman–Crippen LogP) is 7.23. The number of pyridine rings is 1. The number of nitriles is 1. The number of imidazole rings is 1. The van der Waals surface area contributed by atoms with Crippen molar-refractivity contribution in [3.8, 4) is 23.2 Å². The molecular weight excluding hydrogens is 503 g/mol. The quantitative estimate of drug-likeness (QED) is 0.208. The standard InChI is InChI=1S/C33H25FN4O2/c1-22-16-23(18-32-36-30-7-2-3-9-31(30)38(32)20-26-6-5-15-39-26)12-14-27(22)29-8-4-10-33(37-29)40-21-25-13-11-24(19-35)17-28(25)34/h2-17H,18,20-21H2,1H3. The number of hydrogen-bond acceptors (Lipinski definition) is 5. The Morgan fingerprint density at radius 1 is 0.950 bits per heavy atom. The SMILES string of the molecule is Cc1cc(Cc2nc3ccccc3n2Cc2ccco2)ccc1-c1cccc(OCc2ccc(C#N)cc2F)n1. The van der Waals surface area contributed by atoms with Gasteiger partial charge in [-0.15, -0.1) is 0 Å². The molecule has 6 rings (SSSR count). The van der Waals surface area contributed by atoms with Gasteiger partial charge in [0.25, 0.3) is 0 Å². The molecule has 3 aromatic heterocycles. The number of rotatable bonds is 8. The molecule has 0 unspecified atom stereocenters. The van der Waals surface area contributed by atoms with Crippen LogP contribution in [0.5, 0.6) is 5.88 Å². The lowest BCUT2D eigenvalue weighted by molar-refractivity contribution is 0.288. The van der Waals surface area contributed by atoms with Crippen molar-refractivity contribution >= 4 is 11.0 Å². The summed E-state index contributed by atoms with van der Waals surface area (Å²) in [5.41, 5.74) is 6.65. The summed E-state index contributed by atoms with van der Waals surface area (Å²) in [7, 11) is 0. The number of ether oxygens (including phenoxy) is 1. The van der Waals surface area contributed by atoms with Gasteiger partial charge in [0.2, 0.25) is 5.88 Å². The van der Waals surface area contributed by atoms with E-state index in [0.717, 1.165) is 45.0 Å². The maximum atomic E-state index is 14.2. The Kier molecular flexibility index (Phi) is 6.82. The Labute approximate surface area is 230 Å². The third kappa shape index (κ3) is 5.20. The summed E-state index contributed by atoms with van der Waals surface area (Å²) >= 11 is 0. The first-order valence-corrected chi connectivity index (χ1v) is 12.9. The van der Waals surface area contributed by atoms with Gasteiger partial charge >= 0.3 is 0 Å². The number of halogens is 1. The lowest BCUT2D eigenvalue weighted by Gasteiger charge is -2.12. The average Bonchev–Trinajstić information content (AvgIpc) is 3.61. The van der Waals surface area contributed by atoms with Gasteiger partial charge in [0.1, 0.15) is 24.0 Å². The van der Waals surface area contributed by atoms with E-state index in [2.05, 4.69) is 40.7 Å². The van der Waals surface area contributed by atoms with Gasteiger partial charge in [0.05, 0.1) is 41.2 Å². The van der Waals surface area contributed by atoms with Crippen LogP contribution in [0.1, 0.15) is 33.8 Å². The molecule has 0 bridgehead atoms. The molecule has 7 heteroatoms. The van der Waals surface area contributed by atoms with Crippen LogP contribution in [0.2, 0.25) is 0 Å². The Morgan fingerprint density at radius 3 is 2.65 bits per heavy atom. The molecule has 6 aromatic rings. The zero-order valence-electron chi connectivity index (χ0n) is 21.8. The van der Waals surface area contributed by atoms with Crippen molar-refractivity contribution < 1.29 is 13.5 Å². The minimum atomic E-state index is -0.473. The van der Waals surface area contributed by atoms with E-state index in [-0.39, 0.29) is 12.2 Å². The zero-order chi connectivity index (χ0) is 27.5. The number of nitrogens with zero attached hydrogens (tertiary/aromatic N) is 4. The molecule has 0 aliphatic carbocycles. The Balaban J connectivity index is 1.22. The molecule has 3 aromatic carbocycles. The van der Waals surface area contributed by atoms with Gasteiger partial charge in [0.15, 0.2) is 0 Å². The van der Waals surface area contributed by atoms with E-state index >= 15 is 0 Å². The van der Waals surface area contributed by atoms with Gasteiger partial charge in [-0.1, -0.05) is 42.5 Å². The van der Waals surface area contributed by atoms with E-state index in [9.17, 15) is 4.39 Å². The van der Waals surface area contributed by atoms with Crippen molar-refractivity contribution in [2.24, 2.45) is 0 Å². The van der Waals surface area contributed by atoms with Crippen molar-refractivity contribution in [2.45, 2.75) is 26.5 Å². The second-order valence-corrected chi connectivity index (χ2v) is 9.58. The van der Waals surface area contributed by atoms with Crippen LogP contribution in [0.25, 0.3) is 22.3 Å². The summed E-state index contributed by atoms with van der Waals surface area (Å²) in [6, 6.07) is 30.2. The zero-order valence-corrected chi connectivity index (χ0v) is 21.8. The van der Waals surface area contributed by atoms with Crippen LogP contribution < -0.4 is 4.74 Å². The summed E-state index contributed by atoms with van der Waals surface area (Å²) in [5.74, 6) is 1.77. The molecule has 0 radical (unpaired) electrons. The van der Waals surface area contributed by atoms with E-state index in [1.54, 1.807) is 24.5 Å². The van der Waals surface area contributed by atoms with Crippen LogP contribution in [0.15, 0.2) is 102 Å². The van der Waals surface area contributed by atoms with E-state index < -0.39 is 5.82 Å². The minimum absolute atomic E-state index is 0.0188. The number of aryl methyl sites for hydroxylation is 1. The van der Waals surface area contributed by atoms with E-state index in [1.807, 2.05) is 48.5 Å². The molecule has 0 N–H and O–H groups in total. The summed E-state index contributed by atoms with van der Waals surface area (Å²) in [4.78, 5) is 9.58. The molecule has 0 fully saturated rings. The fourth-order valence-corrected chi connectivity index (χ4v) is 4.83. The first kappa shape index (κ1) is 25.1. The van der Waals surface area contributed by atoms with Crippen LogP contribution in [0.4, 0.5) is 4.39 Å². The third-order valence-corrected chi connectivity index (χ3v) is 6.84. The predicted molar refractivity (Wildman–Crippen MR) is 150 cm³/mol. The smallest absolute Gasteiger partial charge is 0.214 e. The number of furan rings is 1. The lowest BCUT2D eigenvalue weighted by Crippen LogP contribution is -2.06. The fraction of sp³-hybridized carbons (Fsp3) is 0.121. The minimum Gasteiger partial charge on any atom is -0.473 e. The maximum Gasteiger partial charge on any atom is 0.214 e. The summed E-state index contributed by atoms with van der Waals surface area (Å²) in [6.45, 7) is 2.69. The van der Waals surface area contributed by atoms with Gasteiger partial charge in [-0.2, -0.15) is 5.26 Å². The summed E-state index contributed by atoms with van der Waals surface area (Å²) < 4.78 is 27.9. The molecule has 0 saturated heterocycles. The third-order valence-electron chi connectivity index (χ3n) is 6.84. The van der Waals surface area contributed by atoms with E-state index in [0.29, 0.717) is 24.4 Å². The van der Waals surface area contributed by atoms with Crippen LogP contribution in [-0.4, -0.2) is 14.5 Å². The van der Waals surface area contributed by atoms with E-state index in [1.165, 1.54) is 6.07 Å². The number of aromatic nitrogens is 3. The van der Waals surface area contributed by atoms with Crippen molar-refractivity contribution in [1.29, 1.82) is 5.26 Å². The molecular formula is C33H25FN4O2. The molecule has 0 aliphatic rings. The monoisotopic (exact) mass is 528 g/mol. The number of para-hydroxylation sites is 2. The first-order chi connectivity index (χ1) is 19.6. The highest BCUT2D eigenvalue weighted by Crippen LogP contribution is 2.27. The van der Waals surface area contributed by atoms with Gasteiger partial charge in [-0.05, 0) is 60.5 Å². The van der Waals surface area contributed by atoms with Crippen molar-refractivity contribution in [3.63, 3.8) is 0 Å². The Morgan fingerprint density at radius 2 is 1.85 bits per heavy atom. The summed E-state index contributed by atoms with van der Waals surface area (Å²) in [6.07, 6.45) is 2.36. The molecule has 0 atom stereocenters. The molecule has 0 spiro atoms. The van der Waals surface area contributed by atoms with Crippen LogP contribution in [0, 0.1) is 24.1 Å². The van der Waals surface area contributed by atoms with Crippen LogP contribution >= 0.6 is 0 Å². The molecule has 6 nitrogen and oxygen atoms in total. The van der Waals surface area contributed by atoms with Gasteiger partial charge < -0.3 is 13.7 Å². The molecule has 3 heterocycles. The van der Waals surface area contributed by atoms with Crippen molar-refractivity contribution in [1.82, 2.24) is 14.5 Å². The van der Waals surface area contributed by atoms with Gasteiger partial charge in [-0.25, -0.2) is 14.4 Å². The normalized spacial score (nSPS) is 11.0. The molecule has 0 amide bonds. The molecule has 196 valence electrons. The maximum absolute atomic E-state index is 14.2. The molecule has 40 heavy (non-hydrogen) atoms. The number of fused-ring (bicyclic) bond motifs is 1. The molecule has 0 aliphatic heterocycles. The van der Waals surface area contributed by atoms with E-state index in [4.69, 9.17) is 19.4 Å². The average molecular weight is 529 g/mol. The number of hydrogen-bond donors (Lipinski definition) is 0. The lowest BCUT2D eigenvalue weighted by atomic mass is 10.0. The molecule has 0 saturated carbocycles. The highest BCUT2D eigenvalue weighted by atomic mass is 19.1. The highest BCUT2D eigenvalue weighted by Gasteiger charge is 2.14. The number of benzene rings is 3. The van der Waals surface area contributed by atoms with Crippen molar-refractivity contribution in [3.05, 3.63) is 137 Å². The Hall–Kier alpha value is -5.22. The largest absolute Gasteiger partial charge is 0.473 e. The summed E-state index contributed by atoms with van der Waals surface area (Å²) in [5, 5.41) is 8.94. The van der Waals surface area contributed by atoms with Crippen LogP contribution in [-0.2, 0) is 19.6 Å². The fourth-order valence-electron chi connectivity index (χ4n) is 4.83. The topological polar surface area (TPSA) is 76.9 Å². The second-order valence-electron chi connectivity index (χ2n) is 9.58. The first-order valence-electron chi connectivity index (χ1n) is 12.9. The Bertz CT molecular complexity index is 1850. The second kappa shape index (κ2) is 10.9. The highest BCUT2D eigenvalue weighted by molar-refractivity contribution is 5.76. The van der Waals surface area contributed by atoms with Gasteiger partial charge in [0, 0.05) is 23.6 Å².